The fraction of sp³-hybridized carbons (Fsp3) is 0.300. The largest absolute Gasteiger partial charge is 0.369 e. The predicted molar refractivity (Wildman–Crippen MR) is 119 cm³/mol. The molecule has 6 nitrogen and oxygen atoms in total. The number of benzene rings is 1. The number of aryl methyl sites for hydroxylation is 1. The molecule has 0 saturated carbocycles. The second-order valence-electron chi connectivity index (χ2n) is 7.21. The molecule has 1 aromatic carbocycles. The summed E-state index contributed by atoms with van der Waals surface area (Å²) in [5.41, 5.74) is 4.05. The maximum Gasteiger partial charge on any atom is 0.224 e. The van der Waals surface area contributed by atoms with E-state index in [1.165, 1.54) is 28.6 Å². The lowest BCUT2D eigenvalue weighted by Gasteiger charge is -2.34. The van der Waals surface area contributed by atoms with Gasteiger partial charge >= 0.3 is 0 Å². The smallest absolute Gasteiger partial charge is 0.224 e. The first kappa shape index (κ1) is 17.7. The van der Waals surface area contributed by atoms with Crippen molar-refractivity contribution < 1.29 is 0 Å². The van der Waals surface area contributed by atoms with E-state index < -0.39 is 0 Å². The molecule has 0 atom stereocenters. The van der Waals surface area contributed by atoms with Gasteiger partial charge in [-0.05, 0) is 61.4 Å². The summed E-state index contributed by atoms with van der Waals surface area (Å²) in [7, 11) is 2.17. The van der Waals surface area contributed by atoms with Gasteiger partial charge in [0.1, 0.15) is 10.2 Å². The Morgan fingerprint density at radius 3 is 2.57 bits per heavy atom. The summed E-state index contributed by atoms with van der Waals surface area (Å²) in [6, 6.07) is 10.4. The van der Waals surface area contributed by atoms with Crippen molar-refractivity contribution >= 4 is 54.4 Å². The highest BCUT2D eigenvalue weighted by atomic mass is 32.1. The van der Waals surface area contributed by atoms with E-state index in [1.54, 1.807) is 0 Å². The number of hydrogen-bond donors (Lipinski definition) is 1. The molecule has 8 heteroatoms. The summed E-state index contributed by atoms with van der Waals surface area (Å²) in [4.78, 5) is 23.0. The Morgan fingerprint density at radius 2 is 1.82 bits per heavy atom. The van der Waals surface area contributed by atoms with E-state index in [4.69, 9.17) is 0 Å². The zero-order valence-electron chi connectivity index (χ0n) is 15.8. The predicted octanol–water partition coefficient (Wildman–Crippen LogP) is 3.77. The zero-order chi connectivity index (χ0) is 19.3. The number of likely N-dealkylation sites (N-methyl/N-ethyl adjacent to an activating group) is 1. The van der Waals surface area contributed by atoms with E-state index in [9.17, 15) is 4.79 Å². The van der Waals surface area contributed by atoms with E-state index in [0.29, 0.717) is 0 Å². The second kappa shape index (κ2) is 6.88. The minimum Gasteiger partial charge on any atom is -0.369 e. The molecule has 1 aliphatic heterocycles. The summed E-state index contributed by atoms with van der Waals surface area (Å²) in [6.07, 6.45) is 1.93. The lowest BCUT2D eigenvalue weighted by Crippen LogP contribution is -2.44. The van der Waals surface area contributed by atoms with Crippen LogP contribution in [-0.4, -0.2) is 46.9 Å². The van der Waals surface area contributed by atoms with Crippen LogP contribution in [0.3, 0.4) is 0 Å². The van der Waals surface area contributed by atoms with Crippen molar-refractivity contribution in [2.75, 3.05) is 43.4 Å². The molecule has 0 radical (unpaired) electrons. The monoisotopic (exact) mass is 411 g/mol. The van der Waals surface area contributed by atoms with Crippen molar-refractivity contribution in [1.82, 2.24) is 13.7 Å². The van der Waals surface area contributed by atoms with Crippen LogP contribution in [0.2, 0.25) is 0 Å². The minimum absolute atomic E-state index is 0.0622. The quantitative estimate of drug-likeness (QED) is 0.556. The van der Waals surface area contributed by atoms with Crippen LogP contribution in [0.5, 0.6) is 0 Å². The first-order chi connectivity index (χ1) is 13.6. The Bertz CT molecular complexity index is 1200. The Hall–Kier alpha value is -2.42. The summed E-state index contributed by atoms with van der Waals surface area (Å²) in [5, 5.41) is 4.11. The molecule has 3 aromatic heterocycles. The molecule has 4 heterocycles. The van der Waals surface area contributed by atoms with Crippen molar-refractivity contribution in [3.63, 3.8) is 0 Å². The Labute approximate surface area is 170 Å². The lowest BCUT2D eigenvalue weighted by atomic mass is 10.2. The van der Waals surface area contributed by atoms with Crippen molar-refractivity contribution in [3.8, 4) is 0 Å². The van der Waals surface area contributed by atoms with Gasteiger partial charge in [0.2, 0.25) is 5.43 Å². The highest BCUT2D eigenvalue weighted by Gasteiger charge is 2.15. The topological polar surface area (TPSA) is 52.9 Å². The lowest BCUT2D eigenvalue weighted by molar-refractivity contribution is 0.313. The average molecular weight is 412 g/mol. The van der Waals surface area contributed by atoms with Crippen molar-refractivity contribution in [3.05, 3.63) is 52.3 Å². The van der Waals surface area contributed by atoms with Gasteiger partial charge in [0.25, 0.3) is 0 Å². The van der Waals surface area contributed by atoms with Gasteiger partial charge < -0.3 is 15.1 Å². The number of nitrogens with one attached hydrogen (secondary N) is 1. The van der Waals surface area contributed by atoms with Crippen LogP contribution >= 0.6 is 22.9 Å². The number of piperazine rings is 1. The summed E-state index contributed by atoms with van der Waals surface area (Å²) < 4.78 is 2.63. The first-order valence-corrected chi connectivity index (χ1v) is 10.9. The molecule has 0 aliphatic carbocycles. The molecule has 5 rings (SSSR count). The van der Waals surface area contributed by atoms with Gasteiger partial charge in [-0.25, -0.2) is 4.98 Å². The number of aromatic nitrogens is 2. The van der Waals surface area contributed by atoms with Crippen molar-refractivity contribution in [2.45, 2.75) is 6.92 Å². The van der Waals surface area contributed by atoms with Crippen LogP contribution in [0, 0.1) is 6.92 Å². The van der Waals surface area contributed by atoms with Crippen LogP contribution < -0.4 is 15.6 Å². The number of fused-ring (bicyclic) bond motifs is 2. The molecule has 0 spiro atoms. The number of rotatable bonds is 3. The molecule has 0 unspecified atom stereocenters. The van der Waals surface area contributed by atoms with Gasteiger partial charge in [-0.3, -0.25) is 8.58 Å². The highest BCUT2D eigenvalue weighted by molar-refractivity contribution is 7.26. The number of hydrogen-bond acceptors (Lipinski definition) is 7. The number of anilines is 3. The van der Waals surface area contributed by atoms with Crippen LogP contribution in [0.1, 0.15) is 5.56 Å². The molecular formula is C20H21N5OS2. The van der Waals surface area contributed by atoms with Gasteiger partial charge in [0.15, 0.2) is 9.96 Å². The summed E-state index contributed by atoms with van der Waals surface area (Å²) >= 11 is 2.93. The van der Waals surface area contributed by atoms with E-state index in [0.717, 1.165) is 57.6 Å². The fourth-order valence-electron chi connectivity index (χ4n) is 3.57. The first-order valence-electron chi connectivity index (χ1n) is 9.31. The van der Waals surface area contributed by atoms with E-state index >= 15 is 0 Å². The molecule has 144 valence electrons. The second-order valence-corrected chi connectivity index (χ2v) is 9.17. The van der Waals surface area contributed by atoms with Crippen LogP contribution in [0.4, 0.5) is 16.5 Å². The average Bonchev–Trinajstić information content (AvgIpc) is 3.27. The fourth-order valence-corrected chi connectivity index (χ4v) is 5.62. The maximum atomic E-state index is 12.8. The van der Waals surface area contributed by atoms with Gasteiger partial charge in [0.05, 0.1) is 0 Å². The molecule has 1 fully saturated rings. The highest BCUT2D eigenvalue weighted by Crippen LogP contribution is 2.30. The standard InChI is InChI=1S/C20H21N5OS2/c1-13-7-8-25-16(13)17(26)18-19(28-25)22-20(27-18)21-14-3-5-15(6-4-14)24-11-9-23(2)10-12-24/h3-8H,9-12H2,1-2H3,(H,21,22). The van der Waals surface area contributed by atoms with E-state index in [1.807, 2.05) is 23.0 Å². The molecule has 1 aliphatic rings. The van der Waals surface area contributed by atoms with Gasteiger partial charge in [-0.1, -0.05) is 11.3 Å². The van der Waals surface area contributed by atoms with Crippen molar-refractivity contribution in [1.29, 1.82) is 0 Å². The molecule has 0 amide bonds. The molecular weight excluding hydrogens is 390 g/mol. The SMILES string of the molecule is Cc1ccn2sc3nc(Nc4ccc(N5CCN(C)CC5)cc4)sc3c(=O)c12. The molecule has 0 bridgehead atoms. The van der Waals surface area contributed by atoms with Crippen molar-refractivity contribution in [2.24, 2.45) is 0 Å². The van der Waals surface area contributed by atoms with Crippen LogP contribution in [0.25, 0.3) is 15.0 Å². The maximum absolute atomic E-state index is 12.8. The number of nitrogens with zero attached hydrogens (tertiary/aromatic N) is 4. The summed E-state index contributed by atoms with van der Waals surface area (Å²) in [6.45, 7) is 6.28. The Morgan fingerprint density at radius 1 is 1.07 bits per heavy atom. The Kier molecular flexibility index (Phi) is 4.34. The number of thiazole rings is 1. The Balaban J connectivity index is 1.40. The molecule has 1 saturated heterocycles. The minimum atomic E-state index is 0.0622. The van der Waals surface area contributed by atoms with Gasteiger partial charge in [0, 0.05) is 43.8 Å². The third-order valence-corrected chi connectivity index (χ3v) is 7.31. The van der Waals surface area contributed by atoms with E-state index in [-0.39, 0.29) is 5.43 Å². The molecule has 28 heavy (non-hydrogen) atoms. The van der Waals surface area contributed by atoms with Crippen LogP contribution in [0.15, 0.2) is 41.3 Å². The third-order valence-electron chi connectivity index (χ3n) is 5.24. The summed E-state index contributed by atoms with van der Waals surface area (Å²) in [5.74, 6) is 0. The third kappa shape index (κ3) is 3.07. The van der Waals surface area contributed by atoms with E-state index in [2.05, 4.69) is 51.4 Å². The zero-order valence-corrected chi connectivity index (χ0v) is 17.4. The molecule has 1 N–H and O–H groups in total. The van der Waals surface area contributed by atoms with Gasteiger partial charge in [-0.2, -0.15) is 0 Å². The van der Waals surface area contributed by atoms with Gasteiger partial charge in [-0.15, -0.1) is 0 Å². The van der Waals surface area contributed by atoms with Crippen LogP contribution in [-0.2, 0) is 0 Å². The normalized spacial score (nSPS) is 15.6. The molecule has 4 aromatic rings.